The van der Waals surface area contributed by atoms with Gasteiger partial charge >= 0.3 is 0 Å². The van der Waals surface area contributed by atoms with E-state index in [1.54, 1.807) is 0 Å². The second-order valence-corrected chi connectivity index (χ2v) is 3.95. The van der Waals surface area contributed by atoms with Crippen LogP contribution in [0.3, 0.4) is 0 Å². The second kappa shape index (κ2) is 23.7. The van der Waals surface area contributed by atoms with E-state index < -0.39 is 0 Å². The molecule has 1 aliphatic rings. The molecule has 0 bridgehead atoms. The molecule has 0 aromatic rings. The maximum absolute atomic E-state index is 2.27. The second-order valence-electron chi connectivity index (χ2n) is 3.95. The van der Waals surface area contributed by atoms with E-state index >= 15 is 0 Å². The van der Waals surface area contributed by atoms with E-state index in [1.807, 2.05) is 27.7 Å². The van der Waals surface area contributed by atoms with Gasteiger partial charge < -0.3 is 0 Å². The molecule has 0 spiro atoms. The highest BCUT2D eigenvalue weighted by molar-refractivity contribution is 4.50. The van der Waals surface area contributed by atoms with E-state index in [0.29, 0.717) is 0 Å². The Morgan fingerprint density at radius 3 is 1.20 bits per heavy atom. The lowest BCUT2D eigenvalue weighted by Gasteiger charge is -2.05. The molecule has 0 saturated heterocycles. The van der Waals surface area contributed by atoms with Gasteiger partial charge in [-0.25, -0.2) is 0 Å². The van der Waals surface area contributed by atoms with Crippen LogP contribution in [-0.4, -0.2) is 0 Å². The van der Waals surface area contributed by atoms with E-state index in [1.165, 1.54) is 44.9 Å². The number of rotatable bonds is 3. The maximum Gasteiger partial charge on any atom is -0.0471 e. The highest BCUT2D eigenvalue weighted by atomic mass is 14.0. The van der Waals surface area contributed by atoms with Crippen molar-refractivity contribution >= 4 is 0 Å². The Bertz CT molecular complexity index is 56.4. The van der Waals surface area contributed by atoms with E-state index in [2.05, 4.69) is 20.8 Å². The van der Waals surface area contributed by atoms with Crippen LogP contribution < -0.4 is 0 Å². The third kappa shape index (κ3) is 31.5. The molecule has 0 radical (unpaired) electrons. The first-order valence-electron chi connectivity index (χ1n) is 7.27. The van der Waals surface area contributed by atoms with Crippen LogP contribution in [0.2, 0.25) is 0 Å². The Labute approximate surface area is 99.9 Å². The molecule has 0 N–H and O–H groups in total. The van der Waals surface area contributed by atoms with Gasteiger partial charge in [0.2, 0.25) is 0 Å². The fraction of sp³-hybridized carbons (Fsp3) is 1.00. The molecule has 1 saturated carbocycles. The van der Waals surface area contributed by atoms with Crippen LogP contribution >= 0.6 is 0 Å². The minimum atomic E-state index is 0.903. The van der Waals surface area contributed by atoms with Crippen LogP contribution in [0, 0.1) is 5.92 Å². The SMILES string of the molecule is C1CCC1.CC.CC.CCCCC(C)C. The van der Waals surface area contributed by atoms with Gasteiger partial charge in [-0.1, -0.05) is 93.4 Å². The fourth-order valence-electron chi connectivity index (χ4n) is 0.862. The standard InChI is InChI=1S/C7H16.C4H8.2C2H6/c1-4-5-6-7(2)3;1-2-4-3-1;2*1-2/h7H,4-6H2,1-3H3;1-4H2;2*1-2H3. The lowest BCUT2D eigenvalue weighted by molar-refractivity contribution is 0.504. The van der Waals surface area contributed by atoms with Crippen LogP contribution in [0.4, 0.5) is 0 Å². The molecule has 0 heteroatoms. The van der Waals surface area contributed by atoms with Gasteiger partial charge in [0, 0.05) is 0 Å². The number of hydrogen-bond donors (Lipinski definition) is 0. The molecule has 0 aromatic heterocycles. The van der Waals surface area contributed by atoms with Crippen LogP contribution in [-0.2, 0) is 0 Å². The van der Waals surface area contributed by atoms with Gasteiger partial charge in [-0.2, -0.15) is 0 Å². The minimum Gasteiger partial charge on any atom is -0.0683 e. The number of hydrogen-bond acceptors (Lipinski definition) is 0. The molecule has 0 unspecified atom stereocenters. The zero-order chi connectivity index (χ0) is 12.5. The lowest BCUT2D eigenvalue weighted by atomic mass is 10.0. The molecule has 0 nitrogen and oxygen atoms in total. The maximum atomic E-state index is 2.27. The van der Waals surface area contributed by atoms with E-state index in [9.17, 15) is 0 Å². The normalized spacial score (nSPS) is 12.0. The summed E-state index contributed by atoms with van der Waals surface area (Å²) in [7, 11) is 0. The summed E-state index contributed by atoms with van der Waals surface area (Å²) in [4.78, 5) is 0. The van der Waals surface area contributed by atoms with Crippen molar-refractivity contribution in [2.24, 2.45) is 5.92 Å². The molecule has 1 fully saturated rings. The molecule has 0 heterocycles. The Kier molecular flexibility index (Phi) is 32.2. The van der Waals surface area contributed by atoms with Gasteiger partial charge in [0.05, 0.1) is 0 Å². The van der Waals surface area contributed by atoms with Gasteiger partial charge in [0.25, 0.3) is 0 Å². The van der Waals surface area contributed by atoms with E-state index in [4.69, 9.17) is 0 Å². The highest BCUT2D eigenvalue weighted by Gasteiger charge is 1.95. The number of unbranched alkanes of at least 4 members (excludes halogenated alkanes) is 1. The van der Waals surface area contributed by atoms with Crippen molar-refractivity contribution in [3.8, 4) is 0 Å². The van der Waals surface area contributed by atoms with Crippen LogP contribution in [0.5, 0.6) is 0 Å². The average Bonchev–Trinajstić information content (AvgIpc) is 2.18. The Morgan fingerprint density at radius 1 is 0.800 bits per heavy atom. The minimum absolute atomic E-state index is 0.903. The van der Waals surface area contributed by atoms with Crippen molar-refractivity contribution in [1.29, 1.82) is 0 Å². The summed E-state index contributed by atoms with van der Waals surface area (Å²) in [6, 6.07) is 0. The van der Waals surface area contributed by atoms with Crippen LogP contribution in [0.1, 0.15) is 93.4 Å². The lowest BCUT2D eigenvalue weighted by Crippen LogP contribution is -1.85. The summed E-state index contributed by atoms with van der Waals surface area (Å²) in [6.07, 6.45) is 10.1. The van der Waals surface area contributed by atoms with Crippen molar-refractivity contribution < 1.29 is 0 Å². The summed E-state index contributed by atoms with van der Waals surface area (Å²) in [6.45, 7) is 14.8. The Balaban J connectivity index is -0.000000152. The summed E-state index contributed by atoms with van der Waals surface area (Å²) >= 11 is 0. The third-order valence-electron chi connectivity index (χ3n) is 2.14. The zero-order valence-corrected chi connectivity index (χ0v) is 12.5. The van der Waals surface area contributed by atoms with Crippen LogP contribution in [0.25, 0.3) is 0 Å². The van der Waals surface area contributed by atoms with Crippen molar-refractivity contribution in [2.45, 2.75) is 93.4 Å². The molecule has 96 valence electrons. The zero-order valence-electron chi connectivity index (χ0n) is 12.5. The molecular formula is C15H36. The van der Waals surface area contributed by atoms with Crippen LogP contribution in [0.15, 0.2) is 0 Å². The molecule has 1 aliphatic carbocycles. The largest absolute Gasteiger partial charge is 0.0683 e. The summed E-state index contributed by atoms with van der Waals surface area (Å²) in [5, 5.41) is 0. The fourth-order valence-corrected chi connectivity index (χ4v) is 0.862. The molecule has 0 aliphatic heterocycles. The van der Waals surface area contributed by atoms with Gasteiger partial charge in [0.15, 0.2) is 0 Å². The van der Waals surface area contributed by atoms with Gasteiger partial charge in [0.1, 0.15) is 0 Å². The topological polar surface area (TPSA) is 0 Å². The first kappa shape index (κ1) is 20.4. The van der Waals surface area contributed by atoms with E-state index in [-0.39, 0.29) is 0 Å². The predicted octanol–water partition coefficient (Wildman–Crippen LogP) is 6.45. The van der Waals surface area contributed by atoms with Gasteiger partial charge in [-0.3, -0.25) is 0 Å². The molecule has 0 atom stereocenters. The third-order valence-corrected chi connectivity index (χ3v) is 2.14. The van der Waals surface area contributed by atoms with Crippen molar-refractivity contribution in [1.82, 2.24) is 0 Å². The van der Waals surface area contributed by atoms with Crippen molar-refractivity contribution in [2.75, 3.05) is 0 Å². The van der Waals surface area contributed by atoms with Crippen molar-refractivity contribution in [3.63, 3.8) is 0 Å². The molecule has 0 amide bonds. The molecular weight excluding hydrogens is 180 g/mol. The van der Waals surface area contributed by atoms with Gasteiger partial charge in [-0.15, -0.1) is 0 Å². The molecule has 15 heavy (non-hydrogen) atoms. The quantitative estimate of drug-likeness (QED) is 0.509. The van der Waals surface area contributed by atoms with Gasteiger partial charge in [-0.05, 0) is 5.92 Å². The Hall–Kier alpha value is 0. The first-order valence-corrected chi connectivity index (χ1v) is 7.27. The predicted molar refractivity (Wildman–Crippen MR) is 75.5 cm³/mol. The Morgan fingerprint density at radius 2 is 1.13 bits per heavy atom. The van der Waals surface area contributed by atoms with E-state index in [0.717, 1.165) is 5.92 Å². The summed E-state index contributed by atoms with van der Waals surface area (Å²) in [5.41, 5.74) is 0. The highest BCUT2D eigenvalue weighted by Crippen LogP contribution is 2.15. The molecule has 0 aromatic carbocycles. The first-order chi connectivity index (χ1) is 7.27. The summed E-state index contributed by atoms with van der Waals surface area (Å²) < 4.78 is 0. The smallest absolute Gasteiger partial charge is 0.0471 e. The van der Waals surface area contributed by atoms with Crippen molar-refractivity contribution in [3.05, 3.63) is 0 Å². The summed E-state index contributed by atoms with van der Waals surface area (Å²) in [5.74, 6) is 0.903. The average molecular weight is 216 g/mol. The monoisotopic (exact) mass is 216 g/mol. The molecule has 1 rings (SSSR count).